The Balaban J connectivity index is 1.36. The molecule has 0 fully saturated rings. The van der Waals surface area contributed by atoms with Crippen molar-refractivity contribution in [2.75, 3.05) is 18.5 Å². The van der Waals surface area contributed by atoms with E-state index < -0.39 is 6.09 Å². The molecular weight excluding hydrogens is 428 g/mol. The van der Waals surface area contributed by atoms with Gasteiger partial charge in [0.1, 0.15) is 16.8 Å². The van der Waals surface area contributed by atoms with E-state index in [1.54, 1.807) is 29.3 Å². The van der Waals surface area contributed by atoms with Crippen LogP contribution in [0, 0.1) is 11.3 Å². The minimum Gasteiger partial charge on any atom is -0.465 e. The number of aromatic nitrogens is 1. The monoisotopic (exact) mass is 448 g/mol. The molecule has 8 nitrogen and oxygen atoms in total. The number of nitriles is 1. The van der Waals surface area contributed by atoms with Crippen LogP contribution in [0.15, 0.2) is 53.3 Å². The number of hydrogen-bond acceptors (Lipinski definition) is 7. The topological polar surface area (TPSA) is 108 Å². The third-order valence-electron chi connectivity index (χ3n) is 4.92. The number of amides is 2. The van der Waals surface area contributed by atoms with Crippen LogP contribution in [0.5, 0.6) is 0 Å². The van der Waals surface area contributed by atoms with Gasteiger partial charge in [-0.3, -0.25) is 9.78 Å². The summed E-state index contributed by atoms with van der Waals surface area (Å²) in [6.45, 7) is 1.04. The number of thiophene rings is 1. The Morgan fingerprint density at radius 3 is 3.00 bits per heavy atom. The van der Waals surface area contributed by atoms with Crippen LogP contribution in [0.25, 0.3) is 6.08 Å². The number of nitrogens with one attached hydrogen (secondary N) is 1. The predicted molar refractivity (Wildman–Crippen MR) is 119 cm³/mol. The first kappa shape index (κ1) is 21.3. The van der Waals surface area contributed by atoms with Crippen molar-refractivity contribution >= 4 is 34.4 Å². The molecular formula is C23H20N4O4S. The Labute approximate surface area is 188 Å². The number of hydrogen-bond donors (Lipinski definition) is 1. The molecule has 3 aromatic heterocycles. The maximum Gasteiger partial charge on any atom is 0.410 e. The summed E-state index contributed by atoms with van der Waals surface area (Å²) in [5.74, 6) is 0.200. The molecule has 0 bridgehead atoms. The quantitative estimate of drug-likeness (QED) is 0.571. The molecule has 3 aromatic rings. The van der Waals surface area contributed by atoms with E-state index in [0.29, 0.717) is 42.3 Å². The van der Waals surface area contributed by atoms with Gasteiger partial charge in [-0.05, 0) is 42.3 Å². The molecule has 162 valence electrons. The Bertz CT molecular complexity index is 1160. The molecule has 9 heteroatoms. The SMILES string of the molecule is N#Cc1c(NC(=O)C=Cc2ccco2)sc2c1CCN(C(=O)OCCc1ccccn1)C2. The fourth-order valence-electron chi connectivity index (χ4n) is 3.34. The molecule has 0 atom stereocenters. The lowest BCUT2D eigenvalue weighted by Gasteiger charge is -2.26. The van der Waals surface area contributed by atoms with Crippen LogP contribution in [0.3, 0.4) is 0 Å². The van der Waals surface area contributed by atoms with Crippen LogP contribution >= 0.6 is 11.3 Å². The van der Waals surface area contributed by atoms with Gasteiger partial charge in [0.15, 0.2) is 0 Å². The molecule has 2 amide bonds. The summed E-state index contributed by atoms with van der Waals surface area (Å²) in [6, 6.07) is 11.3. The first-order valence-corrected chi connectivity index (χ1v) is 10.8. The predicted octanol–water partition coefficient (Wildman–Crippen LogP) is 4.00. The number of fused-ring (bicyclic) bond motifs is 1. The van der Waals surface area contributed by atoms with Crippen molar-refractivity contribution in [2.45, 2.75) is 19.4 Å². The molecule has 0 unspecified atom stereocenters. The second kappa shape index (κ2) is 9.94. The summed E-state index contributed by atoms with van der Waals surface area (Å²) < 4.78 is 10.6. The van der Waals surface area contributed by atoms with Crippen molar-refractivity contribution in [2.24, 2.45) is 0 Å². The summed E-state index contributed by atoms with van der Waals surface area (Å²) in [6.07, 6.45) is 6.81. The number of furan rings is 1. The van der Waals surface area contributed by atoms with E-state index in [-0.39, 0.29) is 12.5 Å². The Hall–Kier alpha value is -3.90. The average molecular weight is 449 g/mol. The summed E-state index contributed by atoms with van der Waals surface area (Å²) in [7, 11) is 0. The summed E-state index contributed by atoms with van der Waals surface area (Å²) in [5.41, 5.74) is 2.19. The Kier molecular flexibility index (Phi) is 6.63. The van der Waals surface area contributed by atoms with E-state index in [0.717, 1.165) is 16.1 Å². The van der Waals surface area contributed by atoms with Gasteiger partial charge in [-0.1, -0.05) is 6.07 Å². The Morgan fingerprint density at radius 1 is 1.34 bits per heavy atom. The first-order chi connectivity index (χ1) is 15.6. The number of ether oxygens (including phenoxy) is 1. The molecule has 0 radical (unpaired) electrons. The molecule has 4 heterocycles. The van der Waals surface area contributed by atoms with Crippen molar-refractivity contribution < 1.29 is 18.7 Å². The lowest BCUT2D eigenvalue weighted by Crippen LogP contribution is -2.36. The second-order valence-electron chi connectivity index (χ2n) is 7.01. The van der Waals surface area contributed by atoms with Gasteiger partial charge in [0.25, 0.3) is 0 Å². The number of pyridine rings is 1. The fraction of sp³-hybridized carbons (Fsp3) is 0.217. The van der Waals surface area contributed by atoms with Crippen molar-refractivity contribution in [3.63, 3.8) is 0 Å². The number of anilines is 1. The molecule has 1 aliphatic rings. The van der Waals surface area contributed by atoms with E-state index in [1.165, 1.54) is 23.7 Å². The van der Waals surface area contributed by atoms with Gasteiger partial charge in [0.05, 0.1) is 25.0 Å². The zero-order valence-corrected chi connectivity index (χ0v) is 17.9. The van der Waals surface area contributed by atoms with Crippen LogP contribution in [0.2, 0.25) is 0 Å². The summed E-state index contributed by atoms with van der Waals surface area (Å²) in [4.78, 5) is 31.4. The zero-order chi connectivity index (χ0) is 22.3. The van der Waals surface area contributed by atoms with Crippen molar-refractivity contribution in [3.8, 4) is 6.07 Å². The van der Waals surface area contributed by atoms with Gasteiger partial charge in [0.2, 0.25) is 5.91 Å². The van der Waals surface area contributed by atoms with Crippen LogP contribution < -0.4 is 5.32 Å². The van der Waals surface area contributed by atoms with Crippen LogP contribution in [0.1, 0.15) is 27.5 Å². The highest BCUT2D eigenvalue weighted by Gasteiger charge is 2.28. The largest absolute Gasteiger partial charge is 0.465 e. The lowest BCUT2D eigenvalue weighted by molar-refractivity contribution is -0.111. The third kappa shape index (κ3) is 5.04. The summed E-state index contributed by atoms with van der Waals surface area (Å²) >= 11 is 1.31. The lowest BCUT2D eigenvalue weighted by atomic mass is 10.0. The zero-order valence-electron chi connectivity index (χ0n) is 17.1. The van der Waals surface area contributed by atoms with Crippen LogP contribution in [-0.2, 0) is 28.9 Å². The van der Waals surface area contributed by atoms with Crippen LogP contribution in [-0.4, -0.2) is 35.0 Å². The molecule has 0 spiro atoms. The number of carbonyl (C=O) groups excluding carboxylic acids is 2. The molecule has 0 aromatic carbocycles. The molecule has 4 rings (SSSR count). The van der Waals surface area contributed by atoms with E-state index in [2.05, 4.69) is 16.4 Å². The number of nitrogens with zero attached hydrogens (tertiary/aromatic N) is 3. The van der Waals surface area contributed by atoms with Crippen molar-refractivity contribution in [1.82, 2.24) is 9.88 Å². The van der Waals surface area contributed by atoms with Gasteiger partial charge in [-0.25, -0.2) is 4.79 Å². The van der Waals surface area contributed by atoms with Crippen molar-refractivity contribution in [1.29, 1.82) is 5.26 Å². The van der Waals surface area contributed by atoms with E-state index in [1.807, 2.05) is 18.2 Å². The van der Waals surface area contributed by atoms with Gasteiger partial charge < -0.3 is 19.4 Å². The standard InChI is InChI=1S/C23H20N4O4S/c24-14-19-18-8-11-27(23(29)31-13-9-16-4-1-2-10-25-16)15-20(18)32-22(19)26-21(28)7-6-17-5-3-12-30-17/h1-7,10,12H,8-9,11,13,15H2,(H,26,28). The highest BCUT2D eigenvalue weighted by molar-refractivity contribution is 7.16. The maximum atomic E-state index is 12.5. The summed E-state index contributed by atoms with van der Waals surface area (Å²) in [5, 5.41) is 12.9. The van der Waals surface area contributed by atoms with Gasteiger partial charge in [-0.2, -0.15) is 5.26 Å². The maximum absolute atomic E-state index is 12.5. The third-order valence-corrected chi connectivity index (χ3v) is 6.05. The highest BCUT2D eigenvalue weighted by Crippen LogP contribution is 2.36. The minimum atomic E-state index is -0.398. The smallest absolute Gasteiger partial charge is 0.410 e. The Morgan fingerprint density at radius 2 is 2.25 bits per heavy atom. The fourth-order valence-corrected chi connectivity index (χ4v) is 4.56. The van der Waals surface area contributed by atoms with Crippen molar-refractivity contribution in [3.05, 3.63) is 76.3 Å². The molecule has 1 N–H and O–H groups in total. The first-order valence-electron chi connectivity index (χ1n) is 10.0. The van der Waals surface area contributed by atoms with Gasteiger partial charge in [-0.15, -0.1) is 11.3 Å². The molecule has 32 heavy (non-hydrogen) atoms. The number of rotatable bonds is 6. The molecule has 1 aliphatic heterocycles. The van der Waals surface area contributed by atoms with E-state index in [4.69, 9.17) is 9.15 Å². The van der Waals surface area contributed by atoms with Gasteiger partial charge >= 0.3 is 6.09 Å². The van der Waals surface area contributed by atoms with E-state index >= 15 is 0 Å². The molecule has 0 saturated heterocycles. The highest BCUT2D eigenvalue weighted by atomic mass is 32.1. The van der Waals surface area contributed by atoms with E-state index in [9.17, 15) is 14.9 Å². The second-order valence-corrected chi connectivity index (χ2v) is 8.12. The normalized spacial score (nSPS) is 12.9. The minimum absolute atomic E-state index is 0.246. The molecule has 0 saturated carbocycles. The van der Waals surface area contributed by atoms with Crippen LogP contribution in [0.4, 0.5) is 9.80 Å². The molecule has 0 aliphatic carbocycles. The average Bonchev–Trinajstić information content (AvgIpc) is 3.45. The van der Waals surface area contributed by atoms with Gasteiger partial charge in [0, 0.05) is 35.8 Å². The number of carbonyl (C=O) groups is 2.